The molecule has 0 aromatic heterocycles. The monoisotopic (exact) mass is 226 g/mol. The molecule has 1 atom stereocenters. The molecule has 0 aromatic rings. The van der Waals surface area contributed by atoms with Crippen LogP contribution in [0.4, 0.5) is 0 Å². The van der Waals surface area contributed by atoms with E-state index in [1.165, 1.54) is 0 Å². The van der Waals surface area contributed by atoms with E-state index >= 15 is 0 Å². The predicted octanol–water partition coefficient (Wildman–Crippen LogP) is 0.262. The zero-order valence-corrected chi connectivity index (χ0v) is 9.91. The molecule has 1 aliphatic carbocycles. The molecule has 2 rings (SSSR count). The quantitative estimate of drug-likeness (QED) is 0.647. The zero-order chi connectivity index (χ0) is 11.5. The molecule has 0 spiro atoms. The van der Waals surface area contributed by atoms with Gasteiger partial charge in [-0.1, -0.05) is 6.92 Å². The van der Waals surface area contributed by atoms with Gasteiger partial charge in [-0.25, -0.2) is 0 Å². The third kappa shape index (κ3) is 2.74. The van der Waals surface area contributed by atoms with Gasteiger partial charge in [0, 0.05) is 12.0 Å². The van der Waals surface area contributed by atoms with Crippen LogP contribution in [-0.2, 0) is 4.79 Å². The van der Waals surface area contributed by atoms with E-state index in [0.717, 1.165) is 38.8 Å². The molecule has 4 heteroatoms. The second kappa shape index (κ2) is 5.15. The zero-order valence-electron chi connectivity index (χ0n) is 9.91. The van der Waals surface area contributed by atoms with Gasteiger partial charge in [-0.2, -0.15) is 0 Å². The summed E-state index contributed by atoms with van der Waals surface area (Å²) >= 11 is 0. The smallest absolute Gasteiger partial charge is 0.223 e. The van der Waals surface area contributed by atoms with Crippen molar-refractivity contribution >= 4 is 5.91 Å². The topological polar surface area (TPSA) is 61.4 Å². The van der Waals surface area contributed by atoms with Crippen molar-refractivity contribution in [2.45, 2.75) is 44.8 Å². The van der Waals surface area contributed by atoms with Crippen molar-refractivity contribution < 1.29 is 9.90 Å². The van der Waals surface area contributed by atoms with Crippen molar-refractivity contribution in [2.24, 2.45) is 11.8 Å². The van der Waals surface area contributed by atoms with Crippen molar-refractivity contribution in [1.82, 2.24) is 10.6 Å². The molecule has 0 bridgehead atoms. The van der Waals surface area contributed by atoms with Gasteiger partial charge in [0.25, 0.3) is 0 Å². The average Bonchev–Trinajstić information content (AvgIpc) is 2.19. The normalized spacial score (nSPS) is 32.9. The molecule has 1 heterocycles. The second-order valence-electron chi connectivity index (χ2n) is 5.22. The number of aliphatic hydroxyl groups is 1. The van der Waals surface area contributed by atoms with Crippen molar-refractivity contribution in [2.75, 3.05) is 13.1 Å². The number of rotatable bonds is 3. The number of nitrogens with one attached hydrogen (secondary N) is 2. The van der Waals surface area contributed by atoms with Crippen LogP contribution in [0, 0.1) is 11.8 Å². The van der Waals surface area contributed by atoms with E-state index in [-0.39, 0.29) is 24.0 Å². The lowest BCUT2D eigenvalue weighted by atomic mass is 9.87. The Morgan fingerprint density at radius 1 is 1.31 bits per heavy atom. The summed E-state index contributed by atoms with van der Waals surface area (Å²) in [7, 11) is 0. The molecule has 1 amide bonds. The van der Waals surface area contributed by atoms with E-state index < -0.39 is 0 Å². The van der Waals surface area contributed by atoms with E-state index in [1.807, 2.05) is 6.92 Å². The highest BCUT2D eigenvalue weighted by atomic mass is 16.3. The predicted molar refractivity (Wildman–Crippen MR) is 61.9 cm³/mol. The van der Waals surface area contributed by atoms with Gasteiger partial charge in [-0.3, -0.25) is 4.79 Å². The summed E-state index contributed by atoms with van der Waals surface area (Å²) in [6.07, 6.45) is 3.33. The molecule has 16 heavy (non-hydrogen) atoms. The number of carbonyl (C=O) groups excluding carboxylic acids is 1. The molecule has 4 nitrogen and oxygen atoms in total. The number of aliphatic hydroxyl groups excluding tert-OH is 1. The Morgan fingerprint density at radius 2 is 1.94 bits per heavy atom. The third-order valence-electron chi connectivity index (χ3n) is 3.98. The van der Waals surface area contributed by atoms with Crippen LogP contribution in [-0.4, -0.2) is 36.2 Å². The van der Waals surface area contributed by atoms with E-state index in [9.17, 15) is 9.90 Å². The molecule has 1 saturated heterocycles. The van der Waals surface area contributed by atoms with Crippen molar-refractivity contribution in [3.8, 4) is 0 Å². The van der Waals surface area contributed by atoms with Crippen LogP contribution in [0.15, 0.2) is 0 Å². The van der Waals surface area contributed by atoms with Crippen molar-refractivity contribution in [3.63, 3.8) is 0 Å². The first kappa shape index (κ1) is 11.9. The molecule has 2 fully saturated rings. The van der Waals surface area contributed by atoms with Gasteiger partial charge in [0.1, 0.15) is 0 Å². The first-order valence-corrected chi connectivity index (χ1v) is 6.36. The second-order valence-corrected chi connectivity index (χ2v) is 5.22. The fourth-order valence-corrected chi connectivity index (χ4v) is 2.43. The molecule has 0 radical (unpaired) electrons. The minimum atomic E-state index is -0.151. The fourth-order valence-electron chi connectivity index (χ4n) is 2.43. The average molecular weight is 226 g/mol. The molecule has 92 valence electrons. The number of hydrogen-bond acceptors (Lipinski definition) is 3. The summed E-state index contributed by atoms with van der Waals surface area (Å²) in [6, 6.07) is 0.284. The van der Waals surface area contributed by atoms with Crippen molar-refractivity contribution in [1.29, 1.82) is 0 Å². The first-order valence-electron chi connectivity index (χ1n) is 6.36. The number of amides is 1. The number of hydrogen-bond donors (Lipinski definition) is 3. The maximum Gasteiger partial charge on any atom is 0.223 e. The summed E-state index contributed by atoms with van der Waals surface area (Å²) in [4.78, 5) is 11.9. The maximum absolute atomic E-state index is 11.9. The van der Waals surface area contributed by atoms with Crippen LogP contribution < -0.4 is 10.6 Å². The van der Waals surface area contributed by atoms with Crippen LogP contribution >= 0.6 is 0 Å². The lowest BCUT2D eigenvalue weighted by Crippen LogP contribution is -2.51. The molecule has 0 aromatic carbocycles. The van der Waals surface area contributed by atoms with Crippen LogP contribution in [0.3, 0.4) is 0 Å². The van der Waals surface area contributed by atoms with Gasteiger partial charge >= 0.3 is 0 Å². The molecule has 3 N–H and O–H groups in total. The number of carbonyl (C=O) groups is 1. The molecule has 1 unspecified atom stereocenters. The Morgan fingerprint density at radius 3 is 2.44 bits per heavy atom. The van der Waals surface area contributed by atoms with E-state index in [4.69, 9.17) is 0 Å². The van der Waals surface area contributed by atoms with Gasteiger partial charge < -0.3 is 15.7 Å². The largest absolute Gasteiger partial charge is 0.393 e. The van der Waals surface area contributed by atoms with E-state index in [2.05, 4.69) is 10.6 Å². The minimum absolute atomic E-state index is 0.119. The Labute approximate surface area is 96.8 Å². The van der Waals surface area contributed by atoms with Crippen LogP contribution in [0.5, 0.6) is 0 Å². The molecular formula is C12H22N2O2. The van der Waals surface area contributed by atoms with Gasteiger partial charge in [-0.05, 0) is 44.7 Å². The maximum atomic E-state index is 11.9. The molecular weight excluding hydrogens is 204 g/mol. The summed E-state index contributed by atoms with van der Waals surface area (Å²) < 4.78 is 0. The van der Waals surface area contributed by atoms with Gasteiger partial charge in [0.05, 0.1) is 6.10 Å². The molecule has 1 aliphatic heterocycles. The van der Waals surface area contributed by atoms with Gasteiger partial charge in [0.2, 0.25) is 5.91 Å². The van der Waals surface area contributed by atoms with E-state index in [0.29, 0.717) is 5.92 Å². The lowest BCUT2D eigenvalue weighted by molar-refractivity contribution is -0.127. The van der Waals surface area contributed by atoms with Crippen LogP contribution in [0.1, 0.15) is 32.6 Å². The summed E-state index contributed by atoms with van der Waals surface area (Å²) in [5, 5.41) is 15.7. The Balaban J connectivity index is 1.73. The highest BCUT2D eigenvalue weighted by Gasteiger charge is 2.30. The highest BCUT2D eigenvalue weighted by molar-refractivity contribution is 5.79. The molecule has 1 saturated carbocycles. The van der Waals surface area contributed by atoms with Gasteiger partial charge in [0.15, 0.2) is 0 Å². The van der Waals surface area contributed by atoms with Gasteiger partial charge in [-0.15, -0.1) is 0 Å². The summed E-state index contributed by atoms with van der Waals surface area (Å²) in [5.41, 5.74) is 0. The Bertz CT molecular complexity index is 245. The highest BCUT2D eigenvalue weighted by Crippen LogP contribution is 2.20. The van der Waals surface area contributed by atoms with Crippen LogP contribution in [0.2, 0.25) is 0 Å². The standard InChI is InChI=1S/C12H22N2O2/c1-8(9-6-13-7-9)12(16)14-10-2-4-11(15)5-3-10/h8-11,13,15H,2-7H2,1H3,(H,14,16). The summed E-state index contributed by atoms with van der Waals surface area (Å²) in [6.45, 7) is 3.95. The van der Waals surface area contributed by atoms with Crippen molar-refractivity contribution in [3.05, 3.63) is 0 Å². The Kier molecular flexibility index (Phi) is 3.82. The van der Waals surface area contributed by atoms with E-state index in [1.54, 1.807) is 0 Å². The van der Waals surface area contributed by atoms with Crippen LogP contribution in [0.25, 0.3) is 0 Å². The minimum Gasteiger partial charge on any atom is -0.393 e. The SMILES string of the molecule is CC(C(=O)NC1CCC(O)CC1)C1CNC1. The third-order valence-corrected chi connectivity index (χ3v) is 3.98. The first-order chi connectivity index (χ1) is 7.66. The Hall–Kier alpha value is -0.610. The fraction of sp³-hybridized carbons (Fsp3) is 0.917. The summed E-state index contributed by atoms with van der Waals surface area (Å²) in [5.74, 6) is 0.815. The lowest BCUT2D eigenvalue weighted by Gasteiger charge is -2.33. The molecule has 2 aliphatic rings.